The molecule has 0 radical (unpaired) electrons. The Kier molecular flexibility index (Phi) is 6.93. The average molecular weight is 297 g/mol. The largest absolute Gasteiger partial charge is 0.319 e. The van der Waals surface area contributed by atoms with Crippen LogP contribution in [0.25, 0.3) is 0 Å². The van der Waals surface area contributed by atoms with Crippen molar-refractivity contribution in [2.75, 3.05) is 73.5 Å². The smallest absolute Gasteiger partial charge is 0.0110 e. The van der Waals surface area contributed by atoms with Crippen LogP contribution >= 0.6 is 0 Å². The molecule has 0 aromatic carbocycles. The topological polar surface area (TPSA) is 21.8 Å². The van der Waals surface area contributed by atoms with E-state index in [-0.39, 0.29) is 0 Å². The van der Waals surface area contributed by atoms with Gasteiger partial charge < -0.3 is 15.1 Å². The summed E-state index contributed by atoms with van der Waals surface area (Å²) in [6.45, 7) is 9.96. The number of hydrogen-bond donors (Lipinski definition) is 1. The summed E-state index contributed by atoms with van der Waals surface area (Å²) in [7, 11) is 6.46. The molecular formula is C17H36N4. The number of likely N-dealkylation sites (N-methyl/N-ethyl adjacent to an activating group) is 1. The van der Waals surface area contributed by atoms with Crippen LogP contribution in [-0.2, 0) is 0 Å². The molecule has 1 saturated heterocycles. The summed E-state index contributed by atoms with van der Waals surface area (Å²) in [4.78, 5) is 7.65. The van der Waals surface area contributed by atoms with Gasteiger partial charge in [-0.2, -0.15) is 0 Å². The quantitative estimate of drug-likeness (QED) is 0.765. The van der Waals surface area contributed by atoms with Crippen molar-refractivity contribution in [1.82, 2.24) is 20.0 Å². The molecule has 0 spiro atoms. The molecule has 21 heavy (non-hydrogen) atoms. The Morgan fingerprint density at radius 2 is 1.57 bits per heavy atom. The van der Waals surface area contributed by atoms with Crippen LogP contribution in [-0.4, -0.2) is 88.2 Å². The molecule has 0 amide bonds. The molecule has 2 aliphatic rings. The van der Waals surface area contributed by atoms with Crippen LogP contribution in [0.4, 0.5) is 0 Å². The molecule has 0 unspecified atom stereocenters. The number of piperazine rings is 1. The second-order valence-corrected chi connectivity index (χ2v) is 7.51. The van der Waals surface area contributed by atoms with Crippen molar-refractivity contribution in [2.24, 2.45) is 5.41 Å². The Hall–Kier alpha value is -0.160. The molecule has 1 heterocycles. The maximum atomic E-state index is 3.47. The van der Waals surface area contributed by atoms with Gasteiger partial charge in [0.05, 0.1) is 0 Å². The van der Waals surface area contributed by atoms with E-state index in [1.54, 1.807) is 0 Å². The summed E-state index contributed by atoms with van der Waals surface area (Å²) >= 11 is 0. The summed E-state index contributed by atoms with van der Waals surface area (Å²) < 4.78 is 0. The molecule has 1 saturated carbocycles. The van der Waals surface area contributed by atoms with Crippen molar-refractivity contribution >= 4 is 0 Å². The highest BCUT2D eigenvalue weighted by Gasteiger charge is 2.34. The molecule has 0 aromatic heterocycles. The highest BCUT2D eigenvalue weighted by Crippen LogP contribution is 2.36. The van der Waals surface area contributed by atoms with Crippen molar-refractivity contribution in [2.45, 2.75) is 32.1 Å². The van der Waals surface area contributed by atoms with Gasteiger partial charge in [0.15, 0.2) is 0 Å². The molecule has 124 valence electrons. The number of rotatable bonds is 7. The Bertz CT molecular complexity index is 273. The molecule has 1 aliphatic carbocycles. The van der Waals surface area contributed by atoms with E-state index in [0.29, 0.717) is 5.41 Å². The van der Waals surface area contributed by atoms with E-state index < -0.39 is 0 Å². The second-order valence-electron chi connectivity index (χ2n) is 7.51. The number of nitrogens with one attached hydrogen (secondary N) is 1. The molecule has 0 aromatic rings. The van der Waals surface area contributed by atoms with Crippen molar-refractivity contribution in [3.05, 3.63) is 0 Å². The van der Waals surface area contributed by atoms with E-state index in [4.69, 9.17) is 0 Å². The lowest BCUT2D eigenvalue weighted by atomic mass is 9.73. The highest BCUT2D eigenvalue weighted by atomic mass is 15.3. The van der Waals surface area contributed by atoms with Gasteiger partial charge in [-0.15, -0.1) is 0 Å². The van der Waals surface area contributed by atoms with E-state index in [1.807, 2.05) is 0 Å². The summed E-state index contributed by atoms with van der Waals surface area (Å²) in [5, 5.41) is 3.47. The van der Waals surface area contributed by atoms with Crippen LogP contribution in [0.15, 0.2) is 0 Å². The van der Waals surface area contributed by atoms with E-state index in [0.717, 1.165) is 0 Å². The minimum Gasteiger partial charge on any atom is -0.319 e. The van der Waals surface area contributed by atoms with Gasteiger partial charge in [0, 0.05) is 52.4 Å². The van der Waals surface area contributed by atoms with Crippen LogP contribution in [0.1, 0.15) is 32.1 Å². The zero-order valence-corrected chi connectivity index (χ0v) is 14.5. The first kappa shape index (κ1) is 17.2. The van der Waals surface area contributed by atoms with Crippen molar-refractivity contribution in [3.63, 3.8) is 0 Å². The number of hydrogen-bond acceptors (Lipinski definition) is 4. The van der Waals surface area contributed by atoms with Gasteiger partial charge in [0.1, 0.15) is 0 Å². The van der Waals surface area contributed by atoms with Crippen LogP contribution < -0.4 is 5.32 Å². The van der Waals surface area contributed by atoms with Crippen molar-refractivity contribution < 1.29 is 0 Å². The zero-order valence-electron chi connectivity index (χ0n) is 14.5. The van der Waals surface area contributed by atoms with Crippen LogP contribution in [0.3, 0.4) is 0 Å². The van der Waals surface area contributed by atoms with Gasteiger partial charge in [0.25, 0.3) is 0 Å². The van der Waals surface area contributed by atoms with Gasteiger partial charge in [-0.3, -0.25) is 4.90 Å². The highest BCUT2D eigenvalue weighted by molar-refractivity contribution is 4.89. The Labute approximate surface area is 131 Å². The SMILES string of the molecule is CNCC1(CN2CCN(CCN(C)C)CC2)CCCCC1. The lowest BCUT2D eigenvalue weighted by Crippen LogP contribution is -2.52. The van der Waals surface area contributed by atoms with Crippen LogP contribution in [0.5, 0.6) is 0 Å². The standard InChI is InChI=1S/C17H36N4/c1-18-15-17(7-5-4-6-8-17)16-21-13-11-20(12-14-21)10-9-19(2)3/h18H,4-16H2,1-3H3. The van der Waals surface area contributed by atoms with E-state index >= 15 is 0 Å². The van der Waals surface area contributed by atoms with Gasteiger partial charge in [-0.1, -0.05) is 19.3 Å². The van der Waals surface area contributed by atoms with E-state index in [9.17, 15) is 0 Å². The maximum Gasteiger partial charge on any atom is 0.0110 e. The molecule has 1 aliphatic heterocycles. The van der Waals surface area contributed by atoms with Crippen LogP contribution in [0, 0.1) is 5.41 Å². The maximum absolute atomic E-state index is 3.47. The molecule has 4 heteroatoms. The van der Waals surface area contributed by atoms with Crippen LogP contribution in [0.2, 0.25) is 0 Å². The third-order valence-electron chi connectivity index (χ3n) is 5.35. The predicted molar refractivity (Wildman–Crippen MR) is 90.9 cm³/mol. The molecule has 2 rings (SSSR count). The summed E-state index contributed by atoms with van der Waals surface area (Å²) in [6, 6.07) is 0. The summed E-state index contributed by atoms with van der Waals surface area (Å²) in [6.07, 6.45) is 7.17. The first-order valence-corrected chi connectivity index (χ1v) is 8.88. The Balaban J connectivity index is 1.76. The Morgan fingerprint density at radius 1 is 0.952 bits per heavy atom. The molecule has 1 N–H and O–H groups in total. The monoisotopic (exact) mass is 296 g/mol. The third kappa shape index (κ3) is 5.51. The second kappa shape index (κ2) is 8.47. The molecule has 2 fully saturated rings. The van der Waals surface area contributed by atoms with Crippen molar-refractivity contribution in [3.8, 4) is 0 Å². The zero-order chi connectivity index (χ0) is 15.1. The van der Waals surface area contributed by atoms with E-state index in [1.165, 1.54) is 84.5 Å². The lowest BCUT2D eigenvalue weighted by molar-refractivity contribution is 0.0612. The predicted octanol–water partition coefficient (Wildman–Crippen LogP) is 1.34. The molecule has 0 bridgehead atoms. The van der Waals surface area contributed by atoms with Gasteiger partial charge in [-0.25, -0.2) is 0 Å². The fraction of sp³-hybridized carbons (Fsp3) is 1.00. The van der Waals surface area contributed by atoms with E-state index in [2.05, 4.69) is 41.2 Å². The van der Waals surface area contributed by atoms with Gasteiger partial charge >= 0.3 is 0 Å². The van der Waals surface area contributed by atoms with Gasteiger partial charge in [-0.05, 0) is 39.4 Å². The third-order valence-corrected chi connectivity index (χ3v) is 5.35. The summed E-state index contributed by atoms with van der Waals surface area (Å²) in [5.41, 5.74) is 0.554. The first-order chi connectivity index (χ1) is 10.1. The fourth-order valence-corrected chi connectivity index (χ4v) is 4.05. The first-order valence-electron chi connectivity index (χ1n) is 8.88. The average Bonchev–Trinajstić information content (AvgIpc) is 2.47. The normalized spacial score (nSPS) is 24.6. The fourth-order valence-electron chi connectivity index (χ4n) is 4.05. The van der Waals surface area contributed by atoms with Crippen molar-refractivity contribution in [1.29, 1.82) is 0 Å². The molecular weight excluding hydrogens is 260 g/mol. The Morgan fingerprint density at radius 3 is 2.14 bits per heavy atom. The molecule has 0 atom stereocenters. The summed E-state index contributed by atoms with van der Waals surface area (Å²) in [5.74, 6) is 0. The lowest BCUT2D eigenvalue weighted by Gasteiger charge is -2.44. The number of nitrogens with zero attached hydrogens (tertiary/aromatic N) is 3. The molecule has 4 nitrogen and oxygen atoms in total. The minimum absolute atomic E-state index is 0.554. The van der Waals surface area contributed by atoms with Gasteiger partial charge in [0.2, 0.25) is 0 Å². The minimum atomic E-state index is 0.554.